The van der Waals surface area contributed by atoms with Crippen molar-refractivity contribution < 1.29 is 4.74 Å². The van der Waals surface area contributed by atoms with Gasteiger partial charge in [0.2, 0.25) is 5.16 Å². The Morgan fingerprint density at radius 2 is 2.41 bits per heavy atom. The molecule has 0 bridgehead atoms. The van der Waals surface area contributed by atoms with Gasteiger partial charge in [0.25, 0.3) is 0 Å². The van der Waals surface area contributed by atoms with Crippen molar-refractivity contribution >= 4 is 23.1 Å². The number of nitrogens with zero attached hydrogens (tertiary/aromatic N) is 5. The molecule has 0 unspecified atom stereocenters. The number of hydrogen-bond donors (Lipinski definition) is 0. The molecule has 2 aromatic heterocycles. The number of rotatable bonds is 6. The van der Waals surface area contributed by atoms with Gasteiger partial charge in [0.05, 0.1) is 0 Å². The monoisotopic (exact) mass is 271 g/mol. The van der Waals surface area contributed by atoms with Gasteiger partial charge < -0.3 is 4.74 Å². The van der Waals surface area contributed by atoms with Crippen LogP contribution < -0.4 is 0 Å². The van der Waals surface area contributed by atoms with Gasteiger partial charge in [0.15, 0.2) is 4.34 Å². The Labute approximate surface area is 107 Å². The maximum absolute atomic E-state index is 5.00. The molecule has 0 aliphatic rings. The van der Waals surface area contributed by atoms with Gasteiger partial charge in [0.1, 0.15) is 0 Å². The molecule has 0 radical (unpaired) electrons. The molecular weight excluding hydrogens is 258 g/mol. The van der Waals surface area contributed by atoms with E-state index in [0.717, 1.165) is 28.2 Å². The zero-order valence-electron chi connectivity index (χ0n) is 9.66. The second-order valence-corrected chi connectivity index (χ2v) is 5.46. The molecule has 0 aliphatic carbocycles. The van der Waals surface area contributed by atoms with E-state index in [1.54, 1.807) is 23.1 Å². The highest BCUT2D eigenvalue weighted by atomic mass is 32.2. The summed E-state index contributed by atoms with van der Waals surface area (Å²) in [6.07, 6.45) is 0.895. The SMILES string of the molecule is COCCCn1nnnc1Sc1nc(C)cs1. The van der Waals surface area contributed by atoms with Crippen LogP contribution in [0.4, 0.5) is 0 Å². The summed E-state index contributed by atoms with van der Waals surface area (Å²) >= 11 is 3.10. The lowest BCUT2D eigenvalue weighted by Crippen LogP contribution is -2.04. The lowest BCUT2D eigenvalue weighted by molar-refractivity contribution is 0.187. The molecule has 0 spiro atoms. The summed E-state index contributed by atoms with van der Waals surface area (Å²) in [5.41, 5.74) is 1.02. The van der Waals surface area contributed by atoms with Crippen LogP contribution in [0.5, 0.6) is 0 Å². The number of ether oxygens (including phenoxy) is 1. The predicted octanol–water partition coefficient (Wildman–Crippen LogP) is 1.63. The van der Waals surface area contributed by atoms with E-state index >= 15 is 0 Å². The van der Waals surface area contributed by atoms with Crippen LogP contribution in [0.25, 0.3) is 0 Å². The molecule has 0 fully saturated rings. The average molecular weight is 271 g/mol. The maximum atomic E-state index is 5.00. The maximum Gasteiger partial charge on any atom is 0.216 e. The first-order valence-corrected chi connectivity index (χ1v) is 6.84. The van der Waals surface area contributed by atoms with Crippen LogP contribution >= 0.6 is 23.1 Å². The van der Waals surface area contributed by atoms with Gasteiger partial charge in [-0.1, -0.05) is 0 Å². The van der Waals surface area contributed by atoms with E-state index < -0.39 is 0 Å². The van der Waals surface area contributed by atoms with E-state index in [4.69, 9.17) is 4.74 Å². The molecule has 2 heterocycles. The molecule has 2 rings (SSSR count). The number of thiazole rings is 1. The standard InChI is InChI=1S/C9H13N5OS2/c1-7-6-16-9(10-7)17-8-11-12-13-14(8)4-3-5-15-2/h6H,3-5H2,1-2H3. The molecule has 0 saturated heterocycles. The molecule has 92 valence electrons. The van der Waals surface area contributed by atoms with Crippen molar-refractivity contribution in [1.29, 1.82) is 0 Å². The highest BCUT2D eigenvalue weighted by Crippen LogP contribution is 2.28. The van der Waals surface area contributed by atoms with Crippen molar-refractivity contribution in [1.82, 2.24) is 25.2 Å². The van der Waals surface area contributed by atoms with Crippen LogP contribution in [0, 0.1) is 6.92 Å². The third-order valence-corrected chi connectivity index (χ3v) is 4.03. The Morgan fingerprint density at radius 3 is 3.12 bits per heavy atom. The largest absolute Gasteiger partial charge is 0.385 e. The van der Waals surface area contributed by atoms with E-state index in [0.29, 0.717) is 6.61 Å². The molecule has 0 aliphatic heterocycles. The van der Waals surface area contributed by atoms with Gasteiger partial charge in [-0.05, 0) is 35.5 Å². The lowest BCUT2D eigenvalue weighted by atomic mass is 10.5. The Bertz CT molecular complexity index is 469. The summed E-state index contributed by atoms with van der Waals surface area (Å²) in [4.78, 5) is 4.37. The normalized spacial score (nSPS) is 10.9. The minimum absolute atomic E-state index is 0.709. The van der Waals surface area contributed by atoms with Gasteiger partial charge in [0, 0.05) is 31.3 Å². The van der Waals surface area contributed by atoms with Crippen LogP contribution in [0.15, 0.2) is 14.9 Å². The summed E-state index contributed by atoms with van der Waals surface area (Å²) in [6, 6.07) is 0. The number of aryl methyl sites for hydroxylation is 2. The first kappa shape index (κ1) is 12.5. The van der Waals surface area contributed by atoms with Crippen molar-refractivity contribution in [3.63, 3.8) is 0 Å². The van der Waals surface area contributed by atoms with Crippen LogP contribution in [0.3, 0.4) is 0 Å². The molecule has 2 aromatic rings. The Hall–Kier alpha value is -0.990. The zero-order valence-corrected chi connectivity index (χ0v) is 11.3. The van der Waals surface area contributed by atoms with Crippen LogP contribution in [-0.4, -0.2) is 38.9 Å². The highest BCUT2D eigenvalue weighted by Gasteiger charge is 2.10. The fourth-order valence-corrected chi connectivity index (χ4v) is 2.96. The molecule has 0 N–H and O–H groups in total. The molecule has 6 nitrogen and oxygen atoms in total. The van der Waals surface area contributed by atoms with Crippen LogP contribution in [0.1, 0.15) is 12.1 Å². The van der Waals surface area contributed by atoms with Crippen LogP contribution in [0.2, 0.25) is 0 Å². The second-order valence-electron chi connectivity index (χ2n) is 3.39. The zero-order chi connectivity index (χ0) is 12.1. The van der Waals surface area contributed by atoms with Crippen LogP contribution in [-0.2, 0) is 11.3 Å². The number of aromatic nitrogens is 5. The second kappa shape index (κ2) is 6.08. The highest BCUT2D eigenvalue weighted by molar-refractivity contribution is 8.00. The molecule has 8 heteroatoms. The first-order valence-electron chi connectivity index (χ1n) is 5.14. The van der Waals surface area contributed by atoms with Crippen molar-refractivity contribution in [2.75, 3.05) is 13.7 Å². The quantitative estimate of drug-likeness (QED) is 0.744. The van der Waals surface area contributed by atoms with Crippen molar-refractivity contribution in [3.8, 4) is 0 Å². The van der Waals surface area contributed by atoms with Gasteiger partial charge >= 0.3 is 0 Å². The summed E-state index contributed by atoms with van der Waals surface area (Å²) in [5, 5.41) is 14.4. The minimum atomic E-state index is 0.709. The molecule has 0 atom stereocenters. The van der Waals surface area contributed by atoms with Crippen molar-refractivity contribution in [2.24, 2.45) is 0 Å². The van der Waals surface area contributed by atoms with E-state index in [9.17, 15) is 0 Å². The minimum Gasteiger partial charge on any atom is -0.385 e. The Kier molecular flexibility index (Phi) is 4.46. The van der Waals surface area contributed by atoms with E-state index in [1.807, 2.05) is 12.3 Å². The fraction of sp³-hybridized carbons (Fsp3) is 0.556. The number of methoxy groups -OCH3 is 1. The topological polar surface area (TPSA) is 65.7 Å². The molecular formula is C9H13N5OS2. The lowest BCUT2D eigenvalue weighted by Gasteiger charge is -2.01. The third kappa shape index (κ3) is 3.48. The average Bonchev–Trinajstić information content (AvgIpc) is 2.90. The molecule has 0 saturated carbocycles. The Morgan fingerprint density at radius 1 is 1.53 bits per heavy atom. The van der Waals surface area contributed by atoms with E-state index in [1.165, 1.54) is 11.8 Å². The van der Waals surface area contributed by atoms with E-state index in [2.05, 4.69) is 20.5 Å². The summed E-state index contributed by atoms with van der Waals surface area (Å²) in [7, 11) is 1.69. The predicted molar refractivity (Wildman–Crippen MR) is 65.3 cm³/mol. The van der Waals surface area contributed by atoms with Gasteiger partial charge in [-0.25, -0.2) is 9.67 Å². The molecule has 0 amide bonds. The van der Waals surface area contributed by atoms with E-state index in [-0.39, 0.29) is 0 Å². The number of tetrazole rings is 1. The van der Waals surface area contributed by atoms with Gasteiger partial charge in [-0.3, -0.25) is 0 Å². The summed E-state index contributed by atoms with van der Waals surface area (Å²) in [5.74, 6) is 0. The first-order chi connectivity index (χ1) is 8.29. The molecule has 0 aromatic carbocycles. The third-order valence-electron chi connectivity index (χ3n) is 1.99. The van der Waals surface area contributed by atoms with Gasteiger partial charge in [-0.15, -0.1) is 16.4 Å². The summed E-state index contributed by atoms with van der Waals surface area (Å²) < 4.78 is 7.74. The smallest absolute Gasteiger partial charge is 0.216 e. The summed E-state index contributed by atoms with van der Waals surface area (Å²) in [6.45, 7) is 3.44. The Balaban J connectivity index is 1.98. The fourth-order valence-electron chi connectivity index (χ4n) is 1.23. The van der Waals surface area contributed by atoms with Crippen molar-refractivity contribution in [2.45, 2.75) is 29.4 Å². The van der Waals surface area contributed by atoms with Gasteiger partial charge in [-0.2, -0.15) is 0 Å². The van der Waals surface area contributed by atoms with Crippen molar-refractivity contribution in [3.05, 3.63) is 11.1 Å². The number of hydrogen-bond acceptors (Lipinski definition) is 7. The molecule has 17 heavy (non-hydrogen) atoms.